The van der Waals surface area contributed by atoms with Crippen LogP contribution in [0.3, 0.4) is 0 Å². The van der Waals surface area contributed by atoms with Crippen LogP contribution < -0.4 is 10.1 Å². The fourth-order valence-electron chi connectivity index (χ4n) is 1.89. The highest BCUT2D eigenvalue weighted by Crippen LogP contribution is 2.28. The Labute approximate surface area is 156 Å². The Morgan fingerprint density at radius 1 is 1.23 bits per heavy atom. The Bertz CT molecular complexity index is 943. The molecule has 0 bridgehead atoms. The molecule has 2 rings (SSSR count). The molecular formula is C16H17ClN4O4S. The topological polar surface area (TPSA) is 114 Å². The number of hydrazone groups is 1. The van der Waals surface area contributed by atoms with Gasteiger partial charge in [0, 0.05) is 22.5 Å². The largest absolute Gasteiger partial charge is 0.295 e. The molecule has 0 radical (unpaired) electrons. The lowest BCUT2D eigenvalue weighted by atomic mass is 10.3. The number of hydrogen-bond acceptors (Lipinski definition) is 6. The second-order valence-corrected chi connectivity index (χ2v) is 7.48. The Hall–Kier alpha value is -2.65. The fraction of sp³-hybridized carbons (Fsp3) is 0.188. The maximum absolute atomic E-state index is 12.5. The van der Waals surface area contributed by atoms with Crippen molar-refractivity contribution in [2.75, 3.05) is 10.1 Å². The van der Waals surface area contributed by atoms with Gasteiger partial charge in [-0.05, 0) is 49.7 Å². The molecule has 0 spiro atoms. The van der Waals surface area contributed by atoms with Crippen LogP contribution >= 0.6 is 11.6 Å². The highest BCUT2D eigenvalue weighted by molar-refractivity contribution is 7.92. The monoisotopic (exact) mass is 396 g/mol. The Balaban J connectivity index is 2.35. The standard InChI is InChI=1S/C16H17ClN4O4S/c1-3-11(2)18-19-15-9-8-14(10-16(15)21(22)23)26(24,25)20-13-6-4-12(17)5-7-13/h4-10,19-20H,3H2,1-2H3/b18-11-. The molecule has 0 unspecified atom stereocenters. The van der Waals surface area contributed by atoms with E-state index in [-0.39, 0.29) is 10.6 Å². The molecule has 26 heavy (non-hydrogen) atoms. The predicted molar refractivity (Wildman–Crippen MR) is 102 cm³/mol. The smallest absolute Gasteiger partial charge is 0.280 e. The van der Waals surface area contributed by atoms with Crippen LogP contribution in [0.25, 0.3) is 0 Å². The number of rotatable bonds is 7. The van der Waals surface area contributed by atoms with E-state index in [0.29, 0.717) is 17.1 Å². The van der Waals surface area contributed by atoms with E-state index in [0.717, 1.165) is 11.8 Å². The summed E-state index contributed by atoms with van der Waals surface area (Å²) in [6.45, 7) is 3.67. The molecule has 0 aliphatic rings. The first-order valence-electron chi connectivity index (χ1n) is 7.59. The lowest BCUT2D eigenvalue weighted by Crippen LogP contribution is -2.13. The van der Waals surface area contributed by atoms with Crippen LogP contribution in [0.15, 0.2) is 52.5 Å². The van der Waals surface area contributed by atoms with Gasteiger partial charge < -0.3 is 0 Å². The van der Waals surface area contributed by atoms with Gasteiger partial charge in [0.25, 0.3) is 15.7 Å². The van der Waals surface area contributed by atoms with Crippen molar-refractivity contribution in [3.8, 4) is 0 Å². The summed E-state index contributed by atoms with van der Waals surface area (Å²) in [5.74, 6) is 0. The van der Waals surface area contributed by atoms with Crippen molar-refractivity contribution in [2.45, 2.75) is 25.2 Å². The molecular weight excluding hydrogens is 380 g/mol. The summed E-state index contributed by atoms with van der Waals surface area (Å²) in [4.78, 5) is 10.4. The van der Waals surface area contributed by atoms with Gasteiger partial charge in [-0.2, -0.15) is 5.10 Å². The molecule has 138 valence electrons. The van der Waals surface area contributed by atoms with Crippen molar-refractivity contribution in [2.24, 2.45) is 5.10 Å². The molecule has 0 heterocycles. The van der Waals surface area contributed by atoms with Crippen molar-refractivity contribution in [1.29, 1.82) is 0 Å². The molecule has 8 nitrogen and oxygen atoms in total. The van der Waals surface area contributed by atoms with E-state index >= 15 is 0 Å². The fourth-order valence-corrected chi connectivity index (χ4v) is 3.10. The number of hydrogen-bond donors (Lipinski definition) is 2. The number of halogens is 1. The average molecular weight is 397 g/mol. The number of anilines is 2. The first-order valence-corrected chi connectivity index (χ1v) is 9.45. The first kappa shape index (κ1) is 19.7. The molecule has 0 fully saturated rings. The SMILES string of the molecule is CC/C(C)=N\Nc1ccc(S(=O)(=O)Nc2ccc(Cl)cc2)cc1[N+](=O)[O-]. The van der Waals surface area contributed by atoms with Crippen LogP contribution in [-0.4, -0.2) is 19.1 Å². The third-order valence-electron chi connectivity index (χ3n) is 3.45. The van der Waals surface area contributed by atoms with Crippen LogP contribution in [0.1, 0.15) is 20.3 Å². The molecule has 0 aliphatic heterocycles. The second kappa shape index (κ2) is 8.15. The summed E-state index contributed by atoms with van der Waals surface area (Å²) >= 11 is 5.77. The number of sulfonamides is 1. The van der Waals surface area contributed by atoms with E-state index in [1.54, 1.807) is 6.92 Å². The van der Waals surface area contributed by atoms with Gasteiger partial charge in [0.2, 0.25) is 0 Å². The number of nitrogens with one attached hydrogen (secondary N) is 2. The number of nitro groups is 1. The molecule has 2 N–H and O–H groups in total. The summed E-state index contributed by atoms with van der Waals surface area (Å²) < 4.78 is 27.3. The van der Waals surface area contributed by atoms with Crippen LogP contribution in [0.5, 0.6) is 0 Å². The molecule has 2 aromatic rings. The third kappa shape index (κ3) is 4.93. The highest BCUT2D eigenvalue weighted by Gasteiger charge is 2.21. The van der Waals surface area contributed by atoms with Crippen LogP contribution in [0, 0.1) is 10.1 Å². The van der Waals surface area contributed by atoms with E-state index in [9.17, 15) is 18.5 Å². The molecule has 2 aromatic carbocycles. The molecule has 0 saturated heterocycles. The van der Waals surface area contributed by atoms with E-state index in [2.05, 4.69) is 15.2 Å². The Morgan fingerprint density at radius 3 is 2.46 bits per heavy atom. The summed E-state index contributed by atoms with van der Waals surface area (Å²) in [6.07, 6.45) is 0.679. The van der Waals surface area contributed by atoms with Crippen LogP contribution in [0.4, 0.5) is 17.1 Å². The number of benzene rings is 2. The third-order valence-corrected chi connectivity index (χ3v) is 5.08. The first-order chi connectivity index (χ1) is 12.2. The maximum atomic E-state index is 12.5. The Morgan fingerprint density at radius 2 is 1.88 bits per heavy atom. The predicted octanol–water partition coefficient (Wildman–Crippen LogP) is 4.25. The summed E-state index contributed by atoms with van der Waals surface area (Å²) in [5, 5.41) is 15.8. The van der Waals surface area contributed by atoms with E-state index < -0.39 is 20.6 Å². The normalized spacial score (nSPS) is 11.9. The van der Waals surface area contributed by atoms with Gasteiger partial charge in [0.1, 0.15) is 5.69 Å². The zero-order chi connectivity index (χ0) is 19.3. The summed E-state index contributed by atoms with van der Waals surface area (Å²) in [6, 6.07) is 9.60. The number of nitro benzene ring substituents is 1. The quantitative estimate of drug-likeness (QED) is 0.412. The minimum Gasteiger partial charge on any atom is -0.280 e. The summed E-state index contributed by atoms with van der Waals surface area (Å²) in [7, 11) is -4.00. The van der Waals surface area contributed by atoms with Gasteiger partial charge in [-0.15, -0.1) is 0 Å². The van der Waals surface area contributed by atoms with Crippen molar-refractivity contribution in [3.63, 3.8) is 0 Å². The molecule has 0 atom stereocenters. The van der Waals surface area contributed by atoms with E-state index in [1.807, 2.05) is 6.92 Å². The second-order valence-electron chi connectivity index (χ2n) is 5.36. The molecule has 10 heteroatoms. The minimum absolute atomic E-state index is 0.105. The zero-order valence-corrected chi connectivity index (χ0v) is 15.6. The molecule has 0 aromatic heterocycles. The van der Waals surface area contributed by atoms with E-state index in [4.69, 9.17) is 11.6 Å². The van der Waals surface area contributed by atoms with Gasteiger partial charge in [-0.3, -0.25) is 20.3 Å². The maximum Gasteiger partial charge on any atom is 0.295 e. The lowest BCUT2D eigenvalue weighted by Gasteiger charge is -2.09. The summed E-state index contributed by atoms with van der Waals surface area (Å²) in [5.41, 5.74) is 3.35. The van der Waals surface area contributed by atoms with Gasteiger partial charge in [0.05, 0.1) is 9.82 Å². The van der Waals surface area contributed by atoms with Crippen molar-refractivity contribution in [1.82, 2.24) is 0 Å². The van der Waals surface area contributed by atoms with Crippen LogP contribution in [-0.2, 0) is 10.0 Å². The van der Waals surface area contributed by atoms with E-state index in [1.165, 1.54) is 36.4 Å². The van der Waals surface area contributed by atoms with Crippen molar-refractivity contribution < 1.29 is 13.3 Å². The van der Waals surface area contributed by atoms with Gasteiger partial charge in [-0.1, -0.05) is 18.5 Å². The van der Waals surface area contributed by atoms with Crippen LogP contribution in [0.2, 0.25) is 5.02 Å². The number of nitrogens with zero attached hydrogens (tertiary/aromatic N) is 2. The van der Waals surface area contributed by atoms with Crippen molar-refractivity contribution in [3.05, 3.63) is 57.6 Å². The average Bonchev–Trinajstić information content (AvgIpc) is 2.61. The Kier molecular flexibility index (Phi) is 6.17. The molecule has 0 aliphatic carbocycles. The minimum atomic E-state index is -4.00. The van der Waals surface area contributed by atoms with Gasteiger partial charge in [-0.25, -0.2) is 8.42 Å². The lowest BCUT2D eigenvalue weighted by molar-refractivity contribution is -0.384. The highest BCUT2D eigenvalue weighted by atomic mass is 35.5. The zero-order valence-electron chi connectivity index (χ0n) is 14.1. The van der Waals surface area contributed by atoms with Gasteiger partial charge in [0.15, 0.2) is 0 Å². The molecule has 0 saturated carbocycles. The molecule has 0 amide bonds. The van der Waals surface area contributed by atoms with Gasteiger partial charge >= 0.3 is 0 Å². The van der Waals surface area contributed by atoms with Crippen molar-refractivity contribution >= 4 is 44.4 Å².